The molecule has 186 valence electrons. The van der Waals surface area contributed by atoms with Crippen LogP contribution in [0.3, 0.4) is 0 Å². The Labute approximate surface area is 214 Å². The number of nitrogens with zero attached hydrogens (tertiary/aromatic N) is 1. The number of halogens is 1. The maximum atomic E-state index is 13.7. The largest absolute Gasteiger partial charge is 0.380 e. The Bertz CT molecular complexity index is 1390. The Balaban J connectivity index is 1.67. The molecule has 3 aromatic rings. The van der Waals surface area contributed by atoms with Gasteiger partial charge < -0.3 is 5.32 Å². The van der Waals surface area contributed by atoms with Gasteiger partial charge in [0.05, 0.1) is 11.2 Å². The molecule has 2 aliphatic heterocycles. The summed E-state index contributed by atoms with van der Waals surface area (Å²) in [6.07, 6.45) is 2.16. The van der Waals surface area contributed by atoms with Gasteiger partial charge in [-0.3, -0.25) is 9.69 Å². The first-order chi connectivity index (χ1) is 16.9. The minimum Gasteiger partial charge on any atom is -0.380 e. The van der Waals surface area contributed by atoms with Gasteiger partial charge in [-0.1, -0.05) is 44.2 Å². The zero-order valence-electron chi connectivity index (χ0n) is 22.2. The molecular weight excluding hydrogens is 447 g/mol. The number of hydrogen-bond donors (Lipinski definition) is 1. The Morgan fingerprint density at radius 2 is 1.61 bits per heavy atom. The molecule has 0 saturated heterocycles. The first kappa shape index (κ1) is 24.3. The number of hydrogen-bond acceptors (Lipinski definition) is 2. The zero-order valence-corrected chi connectivity index (χ0v) is 22.2. The van der Waals surface area contributed by atoms with E-state index < -0.39 is 5.54 Å². The van der Waals surface area contributed by atoms with Crippen molar-refractivity contribution < 1.29 is 9.18 Å². The fourth-order valence-corrected chi connectivity index (χ4v) is 6.31. The van der Waals surface area contributed by atoms with Crippen LogP contribution in [-0.4, -0.2) is 17.0 Å². The number of benzene rings is 3. The van der Waals surface area contributed by atoms with E-state index in [4.69, 9.17) is 0 Å². The zero-order chi connectivity index (χ0) is 26.0. The maximum Gasteiger partial charge on any atom is 0.259 e. The van der Waals surface area contributed by atoms with Gasteiger partial charge in [0, 0.05) is 27.8 Å². The van der Waals surface area contributed by atoms with Crippen LogP contribution in [-0.2, 0) is 5.41 Å². The Morgan fingerprint density at radius 1 is 0.944 bits per heavy atom. The first-order valence-electron chi connectivity index (χ1n) is 12.7. The van der Waals surface area contributed by atoms with Gasteiger partial charge in [0.25, 0.3) is 5.91 Å². The summed E-state index contributed by atoms with van der Waals surface area (Å²) in [6.45, 7) is 15.4. The molecule has 2 heterocycles. The molecule has 0 fully saturated rings. The second-order valence-electron chi connectivity index (χ2n) is 11.7. The summed E-state index contributed by atoms with van der Waals surface area (Å²) in [7, 11) is 0. The summed E-state index contributed by atoms with van der Waals surface area (Å²) in [5, 5.41) is 3.75. The Morgan fingerprint density at radius 3 is 2.31 bits per heavy atom. The van der Waals surface area contributed by atoms with Crippen LogP contribution < -0.4 is 10.2 Å². The molecule has 0 bridgehead atoms. The Kier molecular flexibility index (Phi) is 5.44. The topological polar surface area (TPSA) is 32.3 Å². The smallest absolute Gasteiger partial charge is 0.259 e. The molecule has 0 unspecified atom stereocenters. The number of amides is 1. The van der Waals surface area contributed by atoms with Crippen LogP contribution in [0.2, 0.25) is 0 Å². The average Bonchev–Trinajstić information content (AvgIpc) is 2.82. The summed E-state index contributed by atoms with van der Waals surface area (Å²) in [6, 6.07) is 20.9. The van der Waals surface area contributed by atoms with Gasteiger partial charge in [0.2, 0.25) is 0 Å². The molecular formula is C32H35FN2O. The van der Waals surface area contributed by atoms with Crippen molar-refractivity contribution in [2.24, 2.45) is 5.92 Å². The van der Waals surface area contributed by atoms with Crippen LogP contribution in [0.15, 0.2) is 72.8 Å². The molecule has 0 radical (unpaired) electrons. The lowest BCUT2D eigenvalue weighted by Crippen LogP contribution is -2.53. The summed E-state index contributed by atoms with van der Waals surface area (Å²) in [4.78, 5) is 15.6. The van der Waals surface area contributed by atoms with E-state index in [9.17, 15) is 9.18 Å². The van der Waals surface area contributed by atoms with Crippen LogP contribution in [0, 0.1) is 11.7 Å². The van der Waals surface area contributed by atoms with Crippen LogP contribution >= 0.6 is 0 Å². The number of anilines is 2. The lowest BCUT2D eigenvalue weighted by Gasteiger charge is -2.52. The van der Waals surface area contributed by atoms with E-state index in [1.54, 1.807) is 12.1 Å². The molecule has 36 heavy (non-hydrogen) atoms. The second kappa shape index (κ2) is 8.06. The quantitative estimate of drug-likeness (QED) is 0.404. The highest BCUT2D eigenvalue weighted by molar-refractivity contribution is 6.09. The number of carbonyl (C=O) groups excluding carboxylic acids is 1. The monoisotopic (exact) mass is 482 g/mol. The number of carbonyl (C=O) groups is 1. The van der Waals surface area contributed by atoms with Crippen LogP contribution in [0.5, 0.6) is 0 Å². The van der Waals surface area contributed by atoms with E-state index in [2.05, 4.69) is 88.5 Å². The number of rotatable bonds is 2. The molecule has 1 N–H and O–H groups in total. The number of allylic oxidation sites excluding steroid dienone is 1. The normalized spacial score (nSPS) is 23.7. The van der Waals surface area contributed by atoms with Gasteiger partial charge in [0.15, 0.2) is 0 Å². The highest BCUT2D eigenvalue weighted by Gasteiger charge is 2.48. The van der Waals surface area contributed by atoms with Crippen molar-refractivity contribution in [3.63, 3.8) is 0 Å². The van der Waals surface area contributed by atoms with Crippen molar-refractivity contribution in [1.29, 1.82) is 0 Å². The van der Waals surface area contributed by atoms with E-state index in [1.807, 2.05) is 18.7 Å². The van der Waals surface area contributed by atoms with Gasteiger partial charge >= 0.3 is 0 Å². The van der Waals surface area contributed by atoms with Crippen molar-refractivity contribution in [3.05, 3.63) is 101 Å². The summed E-state index contributed by atoms with van der Waals surface area (Å²) in [5.74, 6) is -0.178. The highest BCUT2D eigenvalue weighted by atomic mass is 19.1. The maximum absolute atomic E-state index is 13.7. The van der Waals surface area contributed by atoms with Crippen molar-refractivity contribution in [2.45, 2.75) is 65.0 Å². The molecule has 3 aromatic carbocycles. The van der Waals surface area contributed by atoms with Gasteiger partial charge in [-0.05, 0) is 99.7 Å². The van der Waals surface area contributed by atoms with Gasteiger partial charge in [-0.15, -0.1) is 0 Å². The third-order valence-corrected chi connectivity index (χ3v) is 8.59. The molecule has 2 atom stereocenters. The standard InChI is InChI=1S/C32H35FN2O/c1-20-19-30(3,4)35(29(36)22-12-15-24(33)16-13-22)28-17-14-23(18-25(20)28)32(7)21(2)31(5,6)34-27-11-9-8-10-26(27)32/h8-19,21,34H,1-7H3/t21-,32+/m1/s1. The summed E-state index contributed by atoms with van der Waals surface area (Å²) in [5.41, 5.74) is 6.41. The predicted octanol–water partition coefficient (Wildman–Crippen LogP) is 7.81. The number of fused-ring (bicyclic) bond motifs is 2. The van der Waals surface area contributed by atoms with Crippen LogP contribution in [0.4, 0.5) is 15.8 Å². The molecule has 1 amide bonds. The van der Waals surface area contributed by atoms with Crippen LogP contribution in [0.25, 0.3) is 5.57 Å². The fraction of sp³-hybridized carbons (Fsp3) is 0.344. The van der Waals surface area contributed by atoms with Crippen molar-refractivity contribution in [1.82, 2.24) is 0 Å². The molecule has 4 heteroatoms. The molecule has 0 aliphatic carbocycles. The third-order valence-electron chi connectivity index (χ3n) is 8.59. The van der Waals surface area contributed by atoms with Gasteiger partial charge in [-0.2, -0.15) is 0 Å². The molecule has 0 spiro atoms. The summed E-state index contributed by atoms with van der Waals surface area (Å²) >= 11 is 0. The Hall–Kier alpha value is -3.40. The van der Waals surface area contributed by atoms with E-state index in [-0.39, 0.29) is 22.7 Å². The van der Waals surface area contributed by atoms with Crippen molar-refractivity contribution >= 4 is 22.9 Å². The lowest BCUT2D eigenvalue weighted by atomic mass is 9.59. The minimum atomic E-state index is -0.523. The van der Waals surface area contributed by atoms with E-state index >= 15 is 0 Å². The lowest BCUT2D eigenvalue weighted by molar-refractivity contribution is 0.0970. The minimum absolute atomic E-state index is 0.101. The highest BCUT2D eigenvalue weighted by Crippen LogP contribution is 2.52. The van der Waals surface area contributed by atoms with Gasteiger partial charge in [0.1, 0.15) is 5.82 Å². The molecule has 0 saturated carbocycles. The van der Waals surface area contributed by atoms with Crippen LogP contribution in [0.1, 0.15) is 75.5 Å². The average molecular weight is 483 g/mol. The van der Waals surface area contributed by atoms with Crippen molar-refractivity contribution in [2.75, 3.05) is 10.2 Å². The van der Waals surface area contributed by atoms with E-state index in [0.717, 1.165) is 16.8 Å². The molecule has 0 aromatic heterocycles. The number of para-hydroxylation sites is 1. The molecule has 5 rings (SSSR count). The first-order valence-corrected chi connectivity index (χ1v) is 12.7. The number of nitrogens with one attached hydrogen (secondary N) is 1. The van der Waals surface area contributed by atoms with E-state index in [1.165, 1.54) is 28.9 Å². The van der Waals surface area contributed by atoms with Gasteiger partial charge in [-0.25, -0.2) is 4.39 Å². The molecule has 2 aliphatic rings. The second-order valence-corrected chi connectivity index (χ2v) is 11.7. The van der Waals surface area contributed by atoms with Crippen molar-refractivity contribution in [3.8, 4) is 0 Å². The SMILES string of the molecule is CC1=CC(C)(C)N(C(=O)c2ccc(F)cc2)c2ccc([C@@]3(C)c4ccccc4NC(C)(C)[C@H]3C)cc21. The fourth-order valence-electron chi connectivity index (χ4n) is 6.31. The third kappa shape index (κ3) is 3.57. The van der Waals surface area contributed by atoms with E-state index in [0.29, 0.717) is 11.5 Å². The molecule has 3 nitrogen and oxygen atoms in total. The predicted molar refractivity (Wildman–Crippen MR) is 147 cm³/mol. The summed E-state index contributed by atoms with van der Waals surface area (Å²) < 4.78 is 13.5.